The van der Waals surface area contributed by atoms with Crippen LogP contribution < -0.4 is 4.74 Å². The predicted octanol–water partition coefficient (Wildman–Crippen LogP) is 3.23. The molecule has 0 saturated carbocycles. The Balaban J connectivity index is 1.66. The predicted molar refractivity (Wildman–Crippen MR) is 117 cm³/mol. The van der Waals surface area contributed by atoms with E-state index in [1.165, 1.54) is 0 Å². The average molecular weight is 472 g/mol. The van der Waals surface area contributed by atoms with Gasteiger partial charge in [0.25, 0.3) is 0 Å². The second kappa shape index (κ2) is 10.1. The van der Waals surface area contributed by atoms with Gasteiger partial charge in [-0.1, -0.05) is 29.3 Å². The smallest absolute Gasteiger partial charge is 0.151 e. The number of aliphatic hydroxyl groups excluding tert-OH is 1. The number of nitrogens with zero attached hydrogens (tertiary/aromatic N) is 1. The van der Waals surface area contributed by atoms with Gasteiger partial charge in [-0.15, -0.1) is 0 Å². The molecule has 1 saturated heterocycles. The molecule has 2 aromatic carbocycles. The number of aliphatic hydroxyl groups is 1. The molecule has 0 aromatic heterocycles. The quantitative estimate of drug-likeness (QED) is 0.565. The SMILES string of the molecule is O=Cc1ccc(OCC(O)CN(Cc2ccc(Cl)cc2Cl)C2CCS(=O)(=O)C2)cc1. The number of halogens is 2. The van der Waals surface area contributed by atoms with Gasteiger partial charge in [0.2, 0.25) is 0 Å². The van der Waals surface area contributed by atoms with Crippen LogP contribution in [0.15, 0.2) is 42.5 Å². The number of hydrogen-bond donors (Lipinski definition) is 1. The van der Waals surface area contributed by atoms with Crippen LogP contribution in [0, 0.1) is 0 Å². The molecule has 3 rings (SSSR count). The average Bonchev–Trinajstić information content (AvgIpc) is 3.08. The molecule has 0 aliphatic carbocycles. The number of carbonyl (C=O) groups is 1. The number of sulfone groups is 1. The molecule has 0 spiro atoms. The zero-order valence-corrected chi connectivity index (χ0v) is 18.5. The number of rotatable bonds is 9. The van der Waals surface area contributed by atoms with Gasteiger partial charge in [-0.05, 0) is 48.4 Å². The molecule has 2 atom stereocenters. The molecule has 9 heteroatoms. The first-order chi connectivity index (χ1) is 14.3. The Morgan fingerprint density at radius 2 is 1.93 bits per heavy atom. The van der Waals surface area contributed by atoms with Crippen molar-refractivity contribution in [3.05, 3.63) is 63.6 Å². The van der Waals surface area contributed by atoms with Crippen LogP contribution in [-0.2, 0) is 16.4 Å². The van der Waals surface area contributed by atoms with E-state index in [2.05, 4.69) is 0 Å². The van der Waals surface area contributed by atoms with Gasteiger partial charge in [0.15, 0.2) is 9.84 Å². The molecule has 30 heavy (non-hydrogen) atoms. The first-order valence-electron chi connectivity index (χ1n) is 9.50. The summed E-state index contributed by atoms with van der Waals surface area (Å²) in [6, 6.07) is 11.6. The lowest BCUT2D eigenvalue weighted by Crippen LogP contribution is -2.42. The summed E-state index contributed by atoms with van der Waals surface area (Å²) in [6.07, 6.45) is 0.410. The Hall–Kier alpha value is -1.64. The lowest BCUT2D eigenvalue weighted by molar-refractivity contribution is 0.0525. The summed E-state index contributed by atoms with van der Waals surface area (Å²) in [7, 11) is -3.08. The van der Waals surface area contributed by atoms with Crippen LogP contribution in [0.5, 0.6) is 5.75 Å². The van der Waals surface area contributed by atoms with Crippen LogP contribution in [0.25, 0.3) is 0 Å². The topological polar surface area (TPSA) is 83.9 Å². The molecule has 162 valence electrons. The van der Waals surface area contributed by atoms with E-state index < -0.39 is 15.9 Å². The Kier molecular flexibility index (Phi) is 7.76. The number of ether oxygens (including phenoxy) is 1. The van der Waals surface area contributed by atoms with Crippen LogP contribution in [0.3, 0.4) is 0 Å². The van der Waals surface area contributed by atoms with Crippen molar-refractivity contribution in [3.63, 3.8) is 0 Å². The molecule has 0 radical (unpaired) electrons. The monoisotopic (exact) mass is 471 g/mol. The Morgan fingerprint density at radius 1 is 1.20 bits per heavy atom. The molecular weight excluding hydrogens is 449 g/mol. The molecular formula is C21H23Cl2NO5S. The zero-order chi connectivity index (χ0) is 21.7. The fourth-order valence-electron chi connectivity index (χ4n) is 3.43. The lowest BCUT2D eigenvalue weighted by Gasteiger charge is -2.30. The van der Waals surface area contributed by atoms with Crippen molar-refractivity contribution in [3.8, 4) is 5.75 Å². The fourth-order valence-corrected chi connectivity index (χ4v) is 5.66. The minimum Gasteiger partial charge on any atom is -0.491 e. The molecule has 1 aliphatic heterocycles. The summed E-state index contributed by atoms with van der Waals surface area (Å²) in [4.78, 5) is 12.7. The van der Waals surface area contributed by atoms with Gasteiger partial charge in [0, 0.05) is 34.7 Å². The van der Waals surface area contributed by atoms with E-state index >= 15 is 0 Å². The minimum absolute atomic E-state index is 0.0325. The van der Waals surface area contributed by atoms with Crippen molar-refractivity contribution in [1.82, 2.24) is 4.90 Å². The molecule has 1 aliphatic rings. The Labute approximate surface area is 186 Å². The number of carbonyl (C=O) groups excluding carboxylic acids is 1. The van der Waals surface area contributed by atoms with Crippen molar-refractivity contribution in [2.24, 2.45) is 0 Å². The van der Waals surface area contributed by atoms with E-state index in [0.717, 1.165) is 11.8 Å². The Morgan fingerprint density at radius 3 is 2.53 bits per heavy atom. The second-order valence-electron chi connectivity index (χ2n) is 7.37. The van der Waals surface area contributed by atoms with Crippen LogP contribution in [0.2, 0.25) is 10.0 Å². The highest BCUT2D eigenvalue weighted by Gasteiger charge is 2.33. The number of aldehydes is 1. The van der Waals surface area contributed by atoms with E-state index in [-0.39, 0.29) is 30.7 Å². The standard InChI is InChI=1S/C21H23Cl2NO5S/c22-17-4-3-16(21(23)9-17)10-24(18-7-8-30(27,28)14-18)11-19(26)13-29-20-5-1-15(12-25)2-6-20/h1-6,9,12,18-19,26H,7-8,10-11,13-14H2. The van der Waals surface area contributed by atoms with E-state index in [0.29, 0.717) is 34.3 Å². The van der Waals surface area contributed by atoms with Gasteiger partial charge >= 0.3 is 0 Å². The molecule has 1 N–H and O–H groups in total. The first-order valence-corrected chi connectivity index (χ1v) is 12.1. The van der Waals surface area contributed by atoms with Crippen molar-refractivity contribution in [2.75, 3.05) is 24.7 Å². The third kappa shape index (κ3) is 6.43. The maximum atomic E-state index is 12.0. The molecule has 6 nitrogen and oxygen atoms in total. The van der Waals surface area contributed by atoms with Gasteiger partial charge in [-0.3, -0.25) is 9.69 Å². The van der Waals surface area contributed by atoms with E-state index in [1.54, 1.807) is 42.5 Å². The van der Waals surface area contributed by atoms with Crippen LogP contribution in [0.4, 0.5) is 0 Å². The summed E-state index contributed by atoms with van der Waals surface area (Å²) in [5, 5.41) is 11.6. The maximum absolute atomic E-state index is 12.0. The van der Waals surface area contributed by atoms with Crippen LogP contribution >= 0.6 is 23.2 Å². The molecule has 2 unspecified atom stereocenters. The van der Waals surface area contributed by atoms with Crippen LogP contribution in [-0.4, -0.2) is 61.5 Å². The zero-order valence-electron chi connectivity index (χ0n) is 16.2. The largest absolute Gasteiger partial charge is 0.491 e. The molecule has 0 amide bonds. The summed E-state index contributed by atoms with van der Waals surface area (Å²) in [6.45, 7) is 0.650. The summed E-state index contributed by atoms with van der Waals surface area (Å²) < 4.78 is 29.6. The van der Waals surface area contributed by atoms with Crippen molar-refractivity contribution < 1.29 is 23.1 Å². The van der Waals surface area contributed by atoms with Crippen molar-refractivity contribution in [1.29, 1.82) is 0 Å². The van der Waals surface area contributed by atoms with Gasteiger partial charge < -0.3 is 9.84 Å². The molecule has 1 heterocycles. The molecule has 0 bridgehead atoms. The van der Waals surface area contributed by atoms with Gasteiger partial charge in [0.05, 0.1) is 11.5 Å². The van der Waals surface area contributed by atoms with Crippen LogP contribution in [0.1, 0.15) is 22.3 Å². The van der Waals surface area contributed by atoms with Gasteiger partial charge in [0.1, 0.15) is 24.7 Å². The third-order valence-electron chi connectivity index (χ3n) is 5.02. The summed E-state index contributed by atoms with van der Waals surface area (Å²) >= 11 is 12.3. The number of hydrogen-bond acceptors (Lipinski definition) is 6. The van der Waals surface area contributed by atoms with Gasteiger partial charge in [-0.2, -0.15) is 0 Å². The number of benzene rings is 2. The van der Waals surface area contributed by atoms with Crippen molar-refractivity contribution >= 4 is 39.3 Å². The minimum atomic E-state index is -3.08. The molecule has 1 fully saturated rings. The second-order valence-corrected chi connectivity index (χ2v) is 10.4. The fraction of sp³-hybridized carbons (Fsp3) is 0.381. The van der Waals surface area contributed by atoms with Gasteiger partial charge in [-0.25, -0.2) is 8.42 Å². The highest BCUT2D eigenvalue weighted by molar-refractivity contribution is 7.91. The first kappa shape index (κ1) is 23.0. The van der Waals surface area contributed by atoms with E-state index in [1.807, 2.05) is 4.90 Å². The molecule has 2 aromatic rings. The highest BCUT2D eigenvalue weighted by Crippen LogP contribution is 2.26. The highest BCUT2D eigenvalue weighted by atomic mass is 35.5. The third-order valence-corrected chi connectivity index (χ3v) is 7.35. The maximum Gasteiger partial charge on any atom is 0.151 e. The van der Waals surface area contributed by atoms with E-state index in [9.17, 15) is 18.3 Å². The van der Waals surface area contributed by atoms with E-state index in [4.69, 9.17) is 27.9 Å². The summed E-state index contributed by atoms with van der Waals surface area (Å²) in [5.41, 5.74) is 1.35. The summed E-state index contributed by atoms with van der Waals surface area (Å²) in [5.74, 6) is 0.729. The Bertz CT molecular complexity index is 981. The lowest BCUT2D eigenvalue weighted by atomic mass is 10.1. The van der Waals surface area contributed by atoms with Crippen molar-refractivity contribution in [2.45, 2.75) is 25.1 Å². The normalized spacial score (nSPS) is 19.0.